The number of phenolic OH excluding ortho intramolecular Hbond substituents is 2. The summed E-state index contributed by atoms with van der Waals surface area (Å²) < 4.78 is 10.1. The molecule has 0 saturated heterocycles. The largest absolute Gasteiger partial charge is 0.504 e. The van der Waals surface area contributed by atoms with Crippen LogP contribution in [0.1, 0.15) is 0 Å². The molecule has 0 amide bonds. The van der Waals surface area contributed by atoms with Gasteiger partial charge in [-0.25, -0.2) is 0 Å². The third kappa shape index (κ3) is 4.61. The molecule has 0 aliphatic rings. The number of aromatic hydroxyl groups is 2. The van der Waals surface area contributed by atoms with Gasteiger partial charge in [-0.2, -0.15) is 20.5 Å². The van der Waals surface area contributed by atoms with Gasteiger partial charge in [0.1, 0.15) is 0 Å². The standard InChI is InChI=1S/C20H18N4O4/c1-27-19-11-15(7-9-17(19)25)23-21-13-3-5-14(6-4-13)22-24-16-8-10-18(26)20(12-16)28-2/h3-12,25-26H,1-2H3. The molecule has 8 nitrogen and oxygen atoms in total. The molecule has 8 heteroatoms. The van der Waals surface area contributed by atoms with E-state index < -0.39 is 0 Å². The van der Waals surface area contributed by atoms with Crippen LogP contribution in [-0.2, 0) is 0 Å². The smallest absolute Gasteiger partial charge is 0.162 e. The second-order valence-corrected chi connectivity index (χ2v) is 5.63. The van der Waals surface area contributed by atoms with Crippen LogP contribution < -0.4 is 9.47 Å². The highest BCUT2D eigenvalue weighted by molar-refractivity contribution is 5.53. The average Bonchev–Trinajstić information content (AvgIpc) is 2.73. The van der Waals surface area contributed by atoms with Crippen LogP contribution >= 0.6 is 0 Å². The van der Waals surface area contributed by atoms with Crippen LogP contribution in [-0.4, -0.2) is 24.4 Å². The van der Waals surface area contributed by atoms with Crippen molar-refractivity contribution in [3.63, 3.8) is 0 Å². The summed E-state index contributed by atoms with van der Waals surface area (Å²) in [6, 6.07) is 16.5. The van der Waals surface area contributed by atoms with Crippen molar-refractivity contribution < 1.29 is 19.7 Å². The summed E-state index contributed by atoms with van der Waals surface area (Å²) in [5.74, 6) is 0.751. The topological polar surface area (TPSA) is 108 Å². The molecule has 142 valence electrons. The molecular weight excluding hydrogens is 360 g/mol. The third-order valence-corrected chi connectivity index (χ3v) is 3.74. The first-order chi connectivity index (χ1) is 13.6. The molecule has 2 N–H and O–H groups in total. The number of ether oxygens (including phenoxy) is 2. The monoisotopic (exact) mass is 378 g/mol. The van der Waals surface area contributed by atoms with E-state index in [-0.39, 0.29) is 11.5 Å². The highest BCUT2D eigenvalue weighted by Gasteiger charge is 2.03. The Morgan fingerprint density at radius 2 is 0.857 bits per heavy atom. The minimum atomic E-state index is 0.0439. The first-order valence-electron chi connectivity index (χ1n) is 8.26. The predicted molar refractivity (Wildman–Crippen MR) is 104 cm³/mol. The minimum Gasteiger partial charge on any atom is -0.504 e. The predicted octanol–water partition coefficient (Wildman–Crippen LogP) is 5.95. The molecule has 3 rings (SSSR count). The van der Waals surface area contributed by atoms with E-state index in [2.05, 4.69) is 20.5 Å². The minimum absolute atomic E-state index is 0.0439. The number of methoxy groups -OCH3 is 2. The lowest BCUT2D eigenvalue weighted by Crippen LogP contribution is -1.82. The van der Waals surface area contributed by atoms with E-state index in [0.717, 1.165) is 0 Å². The highest BCUT2D eigenvalue weighted by Crippen LogP contribution is 2.32. The summed E-state index contributed by atoms with van der Waals surface area (Å²) in [7, 11) is 2.94. The second-order valence-electron chi connectivity index (χ2n) is 5.63. The summed E-state index contributed by atoms with van der Waals surface area (Å²) >= 11 is 0. The van der Waals surface area contributed by atoms with Crippen molar-refractivity contribution in [2.45, 2.75) is 0 Å². The Kier molecular flexibility index (Phi) is 5.81. The van der Waals surface area contributed by atoms with E-state index in [1.54, 1.807) is 48.5 Å². The zero-order chi connectivity index (χ0) is 19.9. The Labute approximate surface area is 161 Å². The summed E-state index contributed by atoms with van der Waals surface area (Å²) in [5, 5.41) is 35.7. The van der Waals surface area contributed by atoms with Crippen LogP contribution in [0, 0.1) is 0 Å². The lowest BCUT2D eigenvalue weighted by atomic mass is 10.3. The van der Waals surface area contributed by atoms with Crippen LogP contribution in [0.3, 0.4) is 0 Å². The molecule has 0 radical (unpaired) electrons. The van der Waals surface area contributed by atoms with E-state index in [0.29, 0.717) is 34.2 Å². The zero-order valence-corrected chi connectivity index (χ0v) is 15.3. The van der Waals surface area contributed by atoms with Gasteiger partial charge in [0.2, 0.25) is 0 Å². The van der Waals surface area contributed by atoms with Crippen LogP contribution in [0.2, 0.25) is 0 Å². The number of hydrogen-bond acceptors (Lipinski definition) is 8. The van der Waals surface area contributed by atoms with E-state index in [4.69, 9.17) is 9.47 Å². The van der Waals surface area contributed by atoms with E-state index in [1.165, 1.54) is 26.4 Å². The molecule has 0 aliphatic carbocycles. The Balaban J connectivity index is 1.69. The van der Waals surface area contributed by atoms with Crippen molar-refractivity contribution in [3.05, 3.63) is 60.7 Å². The van der Waals surface area contributed by atoms with Crippen LogP contribution in [0.4, 0.5) is 22.7 Å². The molecule has 0 fully saturated rings. The van der Waals surface area contributed by atoms with Gasteiger partial charge >= 0.3 is 0 Å². The van der Waals surface area contributed by atoms with Crippen molar-refractivity contribution in [1.82, 2.24) is 0 Å². The number of nitrogens with zero attached hydrogens (tertiary/aromatic N) is 4. The first kappa shape index (κ1) is 18.8. The van der Waals surface area contributed by atoms with Gasteiger partial charge in [0, 0.05) is 12.1 Å². The number of benzene rings is 3. The molecule has 3 aromatic rings. The van der Waals surface area contributed by atoms with Crippen molar-refractivity contribution in [3.8, 4) is 23.0 Å². The molecule has 3 aromatic carbocycles. The lowest BCUT2D eigenvalue weighted by Gasteiger charge is -2.03. The molecule has 0 heterocycles. The van der Waals surface area contributed by atoms with Gasteiger partial charge in [0.15, 0.2) is 23.0 Å². The van der Waals surface area contributed by atoms with Crippen LogP contribution in [0.5, 0.6) is 23.0 Å². The third-order valence-electron chi connectivity index (χ3n) is 3.74. The lowest BCUT2D eigenvalue weighted by molar-refractivity contribution is 0.373. The van der Waals surface area contributed by atoms with Gasteiger partial charge in [-0.1, -0.05) is 0 Å². The molecule has 28 heavy (non-hydrogen) atoms. The number of rotatable bonds is 6. The van der Waals surface area contributed by atoms with Crippen molar-refractivity contribution in [2.24, 2.45) is 20.5 Å². The molecule has 0 spiro atoms. The first-order valence-corrected chi connectivity index (χ1v) is 8.26. The quantitative estimate of drug-likeness (QED) is 0.517. The Morgan fingerprint density at radius 1 is 0.536 bits per heavy atom. The van der Waals surface area contributed by atoms with E-state index in [9.17, 15) is 10.2 Å². The zero-order valence-electron chi connectivity index (χ0n) is 15.3. The fourth-order valence-corrected chi connectivity index (χ4v) is 2.27. The summed E-state index contributed by atoms with van der Waals surface area (Å²) in [6.07, 6.45) is 0. The summed E-state index contributed by atoms with van der Waals surface area (Å²) in [5.41, 5.74) is 2.38. The SMILES string of the molecule is COc1cc(N=Nc2ccc(N=Nc3ccc(O)c(OC)c3)cc2)ccc1O. The van der Waals surface area contributed by atoms with Crippen molar-refractivity contribution in [2.75, 3.05) is 14.2 Å². The fraction of sp³-hybridized carbons (Fsp3) is 0.100. The van der Waals surface area contributed by atoms with Gasteiger partial charge in [-0.15, -0.1) is 0 Å². The van der Waals surface area contributed by atoms with E-state index in [1.807, 2.05) is 0 Å². The fourth-order valence-electron chi connectivity index (χ4n) is 2.27. The summed E-state index contributed by atoms with van der Waals surface area (Å²) in [6.45, 7) is 0. The van der Waals surface area contributed by atoms with Crippen LogP contribution in [0.15, 0.2) is 81.1 Å². The number of phenols is 2. The Hall–Kier alpha value is -3.94. The van der Waals surface area contributed by atoms with Gasteiger partial charge in [0.05, 0.1) is 37.0 Å². The van der Waals surface area contributed by atoms with Gasteiger partial charge < -0.3 is 19.7 Å². The molecule has 0 saturated carbocycles. The normalized spacial score (nSPS) is 11.2. The molecule has 0 bridgehead atoms. The van der Waals surface area contributed by atoms with Gasteiger partial charge in [0.25, 0.3) is 0 Å². The average molecular weight is 378 g/mol. The second kappa shape index (κ2) is 8.63. The number of azo groups is 2. The molecule has 0 atom stereocenters. The molecular formula is C20H18N4O4. The van der Waals surface area contributed by atoms with Gasteiger partial charge in [-0.3, -0.25) is 0 Å². The maximum atomic E-state index is 9.59. The number of hydrogen-bond donors (Lipinski definition) is 2. The Bertz CT molecular complexity index is 935. The van der Waals surface area contributed by atoms with Gasteiger partial charge in [-0.05, 0) is 48.5 Å². The summed E-state index contributed by atoms with van der Waals surface area (Å²) in [4.78, 5) is 0. The van der Waals surface area contributed by atoms with Crippen molar-refractivity contribution in [1.29, 1.82) is 0 Å². The maximum absolute atomic E-state index is 9.59. The molecule has 0 aromatic heterocycles. The molecule has 0 aliphatic heterocycles. The molecule has 0 unspecified atom stereocenters. The van der Waals surface area contributed by atoms with Crippen molar-refractivity contribution >= 4 is 22.7 Å². The maximum Gasteiger partial charge on any atom is 0.162 e. The Morgan fingerprint density at radius 3 is 1.21 bits per heavy atom. The van der Waals surface area contributed by atoms with E-state index >= 15 is 0 Å². The highest BCUT2D eigenvalue weighted by atomic mass is 16.5. The van der Waals surface area contributed by atoms with Crippen LogP contribution in [0.25, 0.3) is 0 Å².